The van der Waals surface area contributed by atoms with E-state index in [9.17, 15) is 14.4 Å². The zero-order valence-corrected chi connectivity index (χ0v) is 15.5. The normalized spacial score (nSPS) is 15.8. The molecule has 0 radical (unpaired) electrons. The Bertz CT molecular complexity index is 712. The van der Waals surface area contributed by atoms with Crippen LogP contribution in [-0.2, 0) is 19.1 Å². The van der Waals surface area contributed by atoms with Crippen LogP contribution in [0.2, 0.25) is 0 Å². The van der Waals surface area contributed by atoms with Crippen molar-refractivity contribution in [2.45, 2.75) is 18.9 Å². The van der Waals surface area contributed by atoms with Crippen LogP contribution in [0.1, 0.15) is 18.4 Å². The molecule has 0 aliphatic carbocycles. The zero-order chi connectivity index (χ0) is 20.2. The fourth-order valence-electron chi connectivity index (χ4n) is 2.34. The van der Waals surface area contributed by atoms with Crippen molar-refractivity contribution in [3.63, 3.8) is 0 Å². The molecule has 3 N–H and O–H groups in total. The van der Waals surface area contributed by atoms with Crippen LogP contribution >= 0.6 is 0 Å². The largest absolute Gasteiger partial charge is 0.484 e. The van der Waals surface area contributed by atoms with E-state index in [-0.39, 0.29) is 25.2 Å². The van der Waals surface area contributed by atoms with Crippen molar-refractivity contribution in [1.29, 1.82) is 0 Å². The molecule has 1 aromatic rings. The predicted octanol–water partition coefficient (Wildman–Crippen LogP) is 0.113. The zero-order valence-electron chi connectivity index (χ0n) is 15.5. The van der Waals surface area contributed by atoms with Crippen LogP contribution in [0, 0.1) is 0 Å². The van der Waals surface area contributed by atoms with Crippen LogP contribution < -0.4 is 20.8 Å². The van der Waals surface area contributed by atoms with Crippen LogP contribution in [-0.4, -0.2) is 56.3 Å². The summed E-state index contributed by atoms with van der Waals surface area (Å²) in [5.74, 6) is -1.35. The highest BCUT2D eigenvalue weighted by Gasteiger charge is 2.16. The predicted molar refractivity (Wildman–Crippen MR) is 103 cm³/mol. The van der Waals surface area contributed by atoms with Crippen LogP contribution in [0.15, 0.2) is 42.0 Å². The van der Waals surface area contributed by atoms with Crippen molar-refractivity contribution >= 4 is 23.9 Å². The van der Waals surface area contributed by atoms with E-state index >= 15 is 0 Å². The van der Waals surface area contributed by atoms with Gasteiger partial charge in [0.2, 0.25) is 0 Å². The Morgan fingerprint density at radius 1 is 1.21 bits per heavy atom. The molecule has 1 aliphatic heterocycles. The van der Waals surface area contributed by atoms with Crippen LogP contribution in [0.25, 0.3) is 0 Å². The summed E-state index contributed by atoms with van der Waals surface area (Å²) in [5.41, 5.74) is 2.80. The van der Waals surface area contributed by atoms with Gasteiger partial charge in [-0.2, -0.15) is 5.10 Å². The lowest BCUT2D eigenvalue weighted by molar-refractivity contribution is -0.139. The molecular formula is C19H24N4O5. The average Bonchev–Trinajstić information content (AvgIpc) is 3.23. The molecule has 0 aromatic heterocycles. The van der Waals surface area contributed by atoms with Crippen molar-refractivity contribution in [1.82, 2.24) is 16.1 Å². The monoisotopic (exact) mass is 388 g/mol. The standard InChI is InChI=1S/C19H24N4O5/c1-2-9-20-18(25)19(26)23-22-11-14-5-7-15(8-6-14)28-13-17(24)21-12-16-4-3-10-27-16/h2,5-8,11,16H,1,3-4,9-10,12-13H2,(H,20,25)(H,21,24)(H,23,26)/b22-11-/t16-/m1/s1. The number of nitrogens with one attached hydrogen (secondary N) is 3. The van der Waals surface area contributed by atoms with Crippen molar-refractivity contribution in [2.24, 2.45) is 5.10 Å². The lowest BCUT2D eigenvalue weighted by Crippen LogP contribution is -2.37. The Kier molecular flexibility index (Phi) is 8.67. The third kappa shape index (κ3) is 7.58. The van der Waals surface area contributed by atoms with Gasteiger partial charge in [0, 0.05) is 19.7 Å². The van der Waals surface area contributed by atoms with E-state index in [0.29, 0.717) is 17.9 Å². The molecule has 2 rings (SSSR count). The van der Waals surface area contributed by atoms with Crippen LogP contribution in [0.3, 0.4) is 0 Å². The van der Waals surface area contributed by atoms with Gasteiger partial charge in [-0.15, -0.1) is 6.58 Å². The van der Waals surface area contributed by atoms with E-state index in [1.54, 1.807) is 24.3 Å². The molecule has 1 aliphatic rings. The molecule has 0 unspecified atom stereocenters. The Morgan fingerprint density at radius 3 is 2.68 bits per heavy atom. The second kappa shape index (κ2) is 11.5. The molecule has 9 heteroatoms. The summed E-state index contributed by atoms with van der Waals surface area (Å²) in [7, 11) is 0. The minimum absolute atomic E-state index is 0.0873. The minimum Gasteiger partial charge on any atom is -0.484 e. The SMILES string of the molecule is C=CCNC(=O)C(=O)N/N=C\c1ccc(OCC(=O)NC[C@H]2CCCO2)cc1. The van der Waals surface area contributed by atoms with Crippen molar-refractivity contribution in [3.8, 4) is 5.75 Å². The van der Waals surface area contributed by atoms with Gasteiger partial charge in [-0.3, -0.25) is 14.4 Å². The first-order valence-corrected chi connectivity index (χ1v) is 8.92. The molecule has 0 saturated carbocycles. The molecule has 1 atom stereocenters. The molecule has 0 bridgehead atoms. The fourth-order valence-corrected chi connectivity index (χ4v) is 2.34. The molecule has 9 nitrogen and oxygen atoms in total. The second-order valence-corrected chi connectivity index (χ2v) is 5.99. The highest BCUT2D eigenvalue weighted by molar-refractivity contribution is 6.35. The van der Waals surface area contributed by atoms with Crippen molar-refractivity contribution in [2.75, 3.05) is 26.3 Å². The Balaban J connectivity index is 1.68. The van der Waals surface area contributed by atoms with E-state index < -0.39 is 11.8 Å². The number of hydrogen-bond donors (Lipinski definition) is 3. The number of ether oxygens (including phenoxy) is 2. The highest BCUT2D eigenvalue weighted by Crippen LogP contribution is 2.12. The molecular weight excluding hydrogens is 364 g/mol. The molecule has 1 fully saturated rings. The summed E-state index contributed by atoms with van der Waals surface area (Å²) in [4.78, 5) is 34.6. The van der Waals surface area contributed by atoms with Gasteiger partial charge in [-0.1, -0.05) is 6.08 Å². The summed E-state index contributed by atoms with van der Waals surface area (Å²) in [5, 5.41) is 8.82. The minimum atomic E-state index is -0.868. The van der Waals surface area contributed by atoms with Gasteiger partial charge in [-0.25, -0.2) is 5.43 Å². The third-order valence-electron chi connectivity index (χ3n) is 3.79. The number of carbonyl (C=O) groups is 3. The first kappa shape index (κ1) is 21.1. The molecule has 1 saturated heterocycles. The molecule has 3 amide bonds. The maximum Gasteiger partial charge on any atom is 0.329 e. The summed E-state index contributed by atoms with van der Waals surface area (Å²) < 4.78 is 10.9. The maximum atomic E-state index is 11.8. The summed E-state index contributed by atoms with van der Waals surface area (Å²) in [6, 6.07) is 6.75. The molecule has 1 aromatic carbocycles. The van der Waals surface area contributed by atoms with E-state index in [2.05, 4.69) is 27.7 Å². The molecule has 150 valence electrons. The van der Waals surface area contributed by atoms with Gasteiger partial charge in [0.05, 0.1) is 12.3 Å². The number of hydrazone groups is 1. The van der Waals surface area contributed by atoms with Crippen LogP contribution in [0.5, 0.6) is 5.75 Å². The number of nitrogens with zero attached hydrogens (tertiary/aromatic N) is 1. The number of carbonyl (C=O) groups excluding carboxylic acids is 3. The van der Waals surface area contributed by atoms with Gasteiger partial charge in [-0.05, 0) is 42.7 Å². The van der Waals surface area contributed by atoms with E-state index in [4.69, 9.17) is 9.47 Å². The summed E-state index contributed by atoms with van der Waals surface area (Å²) in [6.07, 6.45) is 4.93. The smallest absolute Gasteiger partial charge is 0.329 e. The highest BCUT2D eigenvalue weighted by atomic mass is 16.5. The maximum absolute atomic E-state index is 11.8. The van der Waals surface area contributed by atoms with Gasteiger partial charge in [0.25, 0.3) is 5.91 Å². The van der Waals surface area contributed by atoms with E-state index in [1.807, 2.05) is 0 Å². The van der Waals surface area contributed by atoms with Gasteiger partial charge in [0.15, 0.2) is 6.61 Å². The first-order chi connectivity index (χ1) is 13.6. The van der Waals surface area contributed by atoms with E-state index in [1.165, 1.54) is 12.3 Å². The Labute approximate surface area is 163 Å². The van der Waals surface area contributed by atoms with Gasteiger partial charge < -0.3 is 20.1 Å². The Hall–Kier alpha value is -3.20. The molecule has 28 heavy (non-hydrogen) atoms. The molecule has 0 spiro atoms. The fraction of sp³-hybridized carbons (Fsp3) is 0.368. The first-order valence-electron chi connectivity index (χ1n) is 8.92. The van der Waals surface area contributed by atoms with Crippen LogP contribution in [0.4, 0.5) is 0 Å². The third-order valence-corrected chi connectivity index (χ3v) is 3.79. The lowest BCUT2D eigenvalue weighted by atomic mass is 10.2. The topological polar surface area (TPSA) is 118 Å². The second-order valence-electron chi connectivity index (χ2n) is 5.99. The lowest BCUT2D eigenvalue weighted by Gasteiger charge is -2.11. The van der Waals surface area contributed by atoms with Gasteiger partial charge >= 0.3 is 11.8 Å². The molecule has 1 heterocycles. The summed E-state index contributed by atoms with van der Waals surface area (Å²) in [6.45, 7) is 4.79. The van der Waals surface area contributed by atoms with E-state index in [0.717, 1.165) is 19.4 Å². The van der Waals surface area contributed by atoms with Gasteiger partial charge in [0.1, 0.15) is 5.75 Å². The number of benzene rings is 1. The van der Waals surface area contributed by atoms with Crippen molar-refractivity contribution in [3.05, 3.63) is 42.5 Å². The number of amides is 3. The number of hydrogen-bond acceptors (Lipinski definition) is 6. The average molecular weight is 388 g/mol. The van der Waals surface area contributed by atoms with Crippen molar-refractivity contribution < 1.29 is 23.9 Å². The summed E-state index contributed by atoms with van der Waals surface area (Å²) >= 11 is 0. The number of rotatable bonds is 9. The Morgan fingerprint density at radius 2 is 2.00 bits per heavy atom. The quantitative estimate of drug-likeness (QED) is 0.240.